The van der Waals surface area contributed by atoms with Crippen molar-refractivity contribution in [1.82, 2.24) is 19.8 Å². The highest BCUT2D eigenvalue weighted by Gasteiger charge is 2.51. The number of fused-ring (bicyclic) bond motifs is 1. The van der Waals surface area contributed by atoms with Crippen LogP contribution in [0.15, 0.2) is 54.6 Å². The van der Waals surface area contributed by atoms with Gasteiger partial charge in [-0.1, -0.05) is 41.9 Å². The minimum atomic E-state index is -5.33. The first-order valence-electron chi connectivity index (χ1n) is 15.9. The normalized spacial score (nSPS) is 28.4. The number of carbonyl (C=O) groups excluding carboxylic acids is 1. The van der Waals surface area contributed by atoms with Gasteiger partial charge >= 0.3 is 15.5 Å². The molecule has 2 aromatic rings. The number of hydrogen-bond donors (Lipinski definition) is 2. The zero-order chi connectivity index (χ0) is 31.8. The van der Waals surface area contributed by atoms with Gasteiger partial charge in [0.15, 0.2) is 0 Å². The fourth-order valence-corrected chi connectivity index (χ4v) is 9.11. The van der Waals surface area contributed by atoms with Gasteiger partial charge < -0.3 is 15.5 Å². The number of nitrogens with zero attached hydrogens (tertiary/aromatic N) is 3. The Kier molecular flexibility index (Phi) is 9.69. The molecule has 1 aliphatic carbocycles. The number of hydrogen-bond acceptors (Lipinski definition) is 6. The van der Waals surface area contributed by atoms with Crippen LogP contribution in [0.5, 0.6) is 0 Å². The van der Waals surface area contributed by atoms with Gasteiger partial charge in [0.2, 0.25) is 5.91 Å². The Labute approximate surface area is 268 Å². The molecule has 4 fully saturated rings. The second-order valence-corrected chi connectivity index (χ2v) is 15.2. The largest absolute Gasteiger partial charge is 0.511 e. The van der Waals surface area contributed by atoms with Gasteiger partial charge in [0, 0.05) is 80.6 Å². The van der Waals surface area contributed by atoms with Crippen molar-refractivity contribution in [2.24, 2.45) is 11.8 Å². The van der Waals surface area contributed by atoms with Crippen molar-refractivity contribution in [3.05, 3.63) is 65.2 Å². The van der Waals surface area contributed by atoms with Crippen molar-refractivity contribution >= 4 is 33.2 Å². The van der Waals surface area contributed by atoms with E-state index < -0.39 is 15.5 Å². The average molecular weight is 668 g/mol. The molecule has 1 amide bonds. The van der Waals surface area contributed by atoms with E-state index in [4.69, 9.17) is 11.6 Å². The minimum Gasteiger partial charge on any atom is -0.369 e. The quantitative estimate of drug-likeness (QED) is 0.443. The van der Waals surface area contributed by atoms with Gasteiger partial charge in [-0.05, 0) is 73.8 Å². The number of piperazine rings is 1. The second kappa shape index (κ2) is 13.4. The standard InChI is InChI=1S/C32H41ClF3N5O3S/c33-24-9-6-22(7-10-24)31(40-18-16-39(17-19-40)26-4-2-1-3-5-26)23-8-11-28-27(20-23)29(21-30(42)38-28)37-25-12-14-41(15-13-25)45(43,44)32(34,35)36/h1-7,9-10,23,25,27-29,31,37H,8,11-21H2,(H,38,42). The molecule has 45 heavy (non-hydrogen) atoms. The number of amides is 1. The molecule has 0 radical (unpaired) electrons. The fraction of sp³-hybridized carbons (Fsp3) is 0.594. The molecule has 0 bridgehead atoms. The maximum absolute atomic E-state index is 13.1. The van der Waals surface area contributed by atoms with Crippen LogP contribution in [0.2, 0.25) is 5.02 Å². The third-order valence-corrected chi connectivity index (χ3v) is 12.1. The van der Waals surface area contributed by atoms with E-state index in [0.717, 1.165) is 45.4 Å². The molecule has 3 saturated heterocycles. The van der Waals surface area contributed by atoms with Gasteiger partial charge in [-0.2, -0.15) is 17.5 Å². The van der Waals surface area contributed by atoms with Crippen LogP contribution >= 0.6 is 11.6 Å². The lowest BCUT2D eigenvalue weighted by Crippen LogP contribution is -2.61. The summed E-state index contributed by atoms with van der Waals surface area (Å²) in [5.41, 5.74) is -2.83. The highest BCUT2D eigenvalue weighted by molar-refractivity contribution is 7.90. The number of benzene rings is 2. The zero-order valence-corrected chi connectivity index (χ0v) is 26.7. The molecule has 246 valence electrons. The Balaban J connectivity index is 1.16. The fourth-order valence-electron chi connectivity index (χ4n) is 8.00. The van der Waals surface area contributed by atoms with Crippen LogP contribution in [0.1, 0.15) is 50.1 Å². The molecule has 3 heterocycles. The summed E-state index contributed by atoms with van der Waals surface area (Å²) >= 11 is 6.29. The third-order valence-electron chi connectivity index (χ3n) is 10.2. The van der Waals surface area contributed by atoms with E-state index >= 15 is 0 Å². The lowest BCUT2D eigenvalue weighted by Gasteiger charge is -2.50. The maximum Gasteiger partial charge on any atom is 0.511 e. The molecule has 0 aromatic heterocycles. The Morgan fingerprint density at radius 3 is 2.20 bits per heavy atom. The first kappa shape index (κ1) is 32.6. The van der Waals surface area contributed by atoms with Gasteiger partial charge in [0.05, 0.1) is 0 Å². The summed E-state index contributed by atoms with van der Waals surface area (Å²) in [5, 5.41) is 7.51. The van der Waals surface area contributed by atoms with Crippen LogP contribution in [-0.4, -0.2) is 86.4 Å². The smallest absolute Gasteiger partial charge is 0.369 e. The lowest BCUT2D eigenvalue weighted by atomic mass is 9.68. The Morgan fingerprint density at radius 2 is 1.56 bits per heavy atom. The van der Waals surface area contributed by atoms with Gasteiger partial charge in [-0.3, -0.25) is 9.69 Å². The van der Waals surface area contributed by atoms with Crippen molar-refractivity contribution in [2.75, 3.05) is 44.2 Å². The number of piperidine rings is 2. The van der Waals surface area contributed by atoms with Gasteiger partial charge in [0.25, 0.3) is 0 Å². The molecular weight excluding hydrogens is 627 g/mol. The van der Waals surface area contributed by atoms with Crippen LogP contribution in [0, 0.1) is 11.8 Å². The molecule has 1 saturated carbocycles. The van der Waals surface area contributed by atoms with Crippen molar-refractivity contribution in [1.29, 1.82) is 0 Å². The van der Waals surface area contributed by atoms with Crippen LogP contribution in [0.4, 0.5) is 18.9 Å². The predicted octanol–water partition coefficient (Wildman–Crippen LogP) is 4.78. The Bertz CT molecular complexity index is 1420. The van der Waals surface area contributed by atoms with E-state index in [9.17, 15) is 26.4 Å². The molecule has 2 N–H and O–H groups in total. The van der Waals surface area contributed by atoms with Crippen molar-refractivity contribution in [3.63, 3.8) is 0 Å². The number of sulfonamides is 1. The van der Waals surface area contributed by atoms with E-state index in [-0.39, 0.29) is 61.9 Å². The SMILES string of the molecule is O=C1CC(NC2CCN(S(=O)(=O)C(F)(F)F)CC2)C2CC(C(c3ccc(Cl)cc3)N3CCN(c4ccccc4)CC3)CCC2N1. The van der Waals surface area contributed by atoms with Crippen molar-refractivity contribution in [3.8, 4) is 0 Å². The first-order chi connectivity index (χ1) is 21.5. The molecule has 5 atom stereocenters. The van der Waals surface area contributed by atoms with E-state index in [1.165, 1.54) is 11.3 Å². The number of alkyl halides is 3. The number of para-hydroxylation sites is 1. The maximum atomic E-state index is 13.1. The van der Waals surface area contributed by atoms with Crippen LogP contribution in [0.25, 0.3) is 0 Å². The number of nitrogens with one attached hydrogen (secondary N) is 2. The molecule has 13 heteroatoms. The summed E-state index contributed by atoms with van der Waals surface area (Å²) in [6.07, 6.45) is 3.57. The number of anilines is 1. The molecule has 2 aromatic carbocycles. The van der Waals surface area contributed by atoms with E-state index in [2.05, 4.69) is 56.8 Å². The number of carbonyl (C=O) groups is 1. The Hall–Kier alpha value is -2.38. The zero-order valence-electron chi connectivity index (χ0n) is 25.1. The monoisotopic (exact) mass is 667 g/mol. The minimum absolute atomic E-state index is 0.0180. The van der Waals surface area contributed by atoms with Crippen LogP contribution in [0.3, 0.4) is 0 Å². The van der Waals surface area contributed by atoms with E-state index in [1.54, 1.807) is 0 Å². The van der Waals surface area contributed by atoms with Crippen LogP contribution in [-0.2, 0) is 14.8 Å². The summed E-state index contributed by atoms with van der Waals surface area (Å²) < 4.78 is 63.6. The lowest BCUT2D eigenvalue weighted by molar-refractivity contribution is -0.126. The first-order valence-corrected chi connectivity index (χ1v) is 17.7. The Morgan fingerprint density at radius 1 is 0.889 bits per heavy atom. The molecule has 0 spiro atoms. The molecule has 8 nitrogen and oxygen atoms in total. The van der Waals surface area contributed by atoms with Crippen molar-refractivity contribution < 1.29 is 26.4 Å². The predicted molar refractivity (Wildman–Crippen MR) is 168 cm³/mol. The molecular formula is C32H41ClF3N5O3S. The molecule has 4 aliphatic rings. The second-order valence-electron chi connectivity index (χ2n) is 12.9. The van der Waals surface area contributed by atoms with Crippen LogP contribution < -0.4 is 15.5 Å². The summed E-state index contributed by atoms with van der Waals surface area (Å²) in [4.78, 5) is 17.8. The summed E-state index contributed by atoms with van der Waals surface area (Å²) in [5.74, 6) is 0.489. The summed E-state index contributed by atoms with van der Waals surface area (Å²) in [6.45, 7) is 3.31. The summed E-state index contributed by atoms with van der Waals surface area (Å²) in [6, 6.07) is 18.6. The molecule has 3 aliphatic heterocycles. The highest BCUT2D eigenvalue weighted by atomic mass is 35.5. The topological polar surface area (TPSA) is 85.0 Å². The van der Waals surface area contributed by atoms with Crippen molar-refractivity contribution in [2.45, 2.75) is 68.2 Å². The average Bonchev–Trinajstić information content (AvgIpc) is 3.03. The molecule has 5 unspecified atom stereocenters. The van der Waals surface area contributed by atoms with Gasteiger partial charge in [-0.25, -0.2) is 8.42 Å². The third kappa shape index (κ3) is 7.15. The summed E-state index contributed by atoms with van der Waals surface area (Å²) in [7, 11) is -5.33. The number of rotatable bonds is 7. The van der Waals surface area contributed by atoms with E-state index in [0.29, 0.717) is 21.7 Å². The van der Waals surface area contributed by atoms with E-state index in [1.807, 2.05) is 18.2 Å². The van der Waals surface area contributed by atoms with Gasteiger partial charge in [0.1, 0.15) is 0 Å². The van der Waals surface area contributed by atoms with Gasteiger partial charge in [-0.15, -0.1) is 0 Å². The number of halogens is 4. The highest BCUT2D eigenvalue weighted by Crippen LogP contribution is 2.44. The molecule has 6 rings (SSSR count).